The van der Waals surface area contributed by atoms with Crippen molar-refractivity contribution in [2.75, 3.05) is 13.1 Å². The van der Waals surface area contributed by atoms with E-state index < -0.39 is 24.8 Å². The molecule has 0 spiro atoms. The summed E-state index contributed by atoms with van der Waals surface area (Å²) in [4.78, 5) is 0. The molecule has 0 saturated carbocycles. The number of piperidine rings is 1. The number of hydrogen-bond acceptors (Lipinski definition) is 1. The van der Waals surface area contributed by atoms with E-state index in [-0.39, 0.29) is 19.0 Å². The lowest BCUT2D eigenvalue weighted by Crippen LogP contribution is -2.53. The van der Waals surface area contributed by atoms with Gasteiger partial charge in [-0.2, -0.15) is 17.6 Å². The van der Waals surface area contributed by atoms with Crippen LogP contribution < -0.4 is 5.32 Å². The Hall–Kier alpha value is -0.0300. The van der Waals surface area contributed by atoms with E-state index >= 15 is 0 Å². The molecule has 0 atom stereocenters. The third-order valence-electron chi connectivity index (χ3n) is 1.50. The summed E-state index contributed by atoms with van der Waals surface area (Å²) < 4.78 is 48.7. The van der Waals surface area contributed by atoms with Crippen molar-refractivity contribution in [2.45, 2.75) is 18.3 Å². The van der Waals surface area contributed by atoms with E-state index in [0.717, 1.165) is 0 Å². The highest BCUT2D eigenvalue weighted by Gasteiger charge is 2.57. The summed E-state index contributed by atoms with van der Waals surface area (Å²) >= 11 is 0. The SMILES string of the molecule is Cl.FC1(F)CCNCC1(F)F. The highest BCUT2D eigenvalue weighted by molar-refractivity contribution is 5.85. The Balaban J connectivity index is 0.000001000. The first-order valence-corrected chi connectivity index (χ1v) is 2.92. The summed E-state index contributed by atoms with van der Waals surface area (Å²) in [6.07, 6.45) is -0.778. The molecule has 0 unspecified atom stereocenters. The van der Waals surface area contributed by atoms with Crippen LogP contribution in [0.2, 0.25) is 0 Å². The zero-order chi connectivity index (χ0) is 7.83. The van der Waals surface area contributed by atoms with E-state index in [4.69, 9.17) is 0 Å². The van der Waals surface area contributed by atoms with Gasteiger partial charge in [-0.15, -0.1) is 12.4 Å². The van der Waals surface area contributed by atoms with Gasteiger partial charge in [-0.1, -0.05) is 0 Å². The van der Waals surface area contributed by atoms with Crippen LogP contribution in [0.5, 0.6) is 0 Å². The normalized spacial score (nSPS) is 27.3. The fourth-order valence-corrected chi connectivity index (χ4v) is 0.803. The van der Waals surface area contributed by atoms with Gasteiger partial charge < -0.3 is 5.32 Å². The molecule has 0 bridgehead atoms. The summed E-state index contributed by atoms with van der Waals surface area (Å²) in [5.74, 6) is -7.69. The van der Waals surface area contributed by atoms with Crippen molar-refractivity contribution in [1.82, 2.24) is 5.32 Å². The molecule has 1 aliphatic rings. The second kappa shape index (κ2) is 3.15. The van der Waals surface area contributed by atoms with Gasteiger partial charge in [0.15, 0.2) is 0 Å². The van der Waals surface area contributed by atoms with Crippen LogP contribution in [0.25, 0.3) is 0 Å². The Morgan fingerprint density at radius 2 is 1.55 bits per heavy atom. The summed E-state index contributed by atoms with van der Waals surface area (Å²) in [7, 11) is 0. The van der Waals surface area contributed by atoms with Crippen molar-refractivity contribution < 1.29 is 17.6 Å². The van der Waals surface area contributed by atoms with Crippen LogP contribution in [0.1, 0.15) is 6.42 Å². The number of alkyl halides is 4. The van der Waals surface area contributed by atoms with Crippen molar-refractivity contribution in [3.05, 3.63) is 0 Å². The Labute approximate surface area is 67.6 Å². The molecule has 0 aromatic carbocycles. The fourth-order valence-electron chi connectivity index (χ4n) is 0.803. The Kier molecular flexibility index (Phi) is 3.14. The minimum atomic E-state index is -3.87. The van der Waals surface area contributed by atoms with E-state index in [0.29, 0.717) is 0 Å². The number of nitrogens with one attached hydrogen (secondary N) is 1. The van der Waals surface area contributed by atoms with Crippen molar-refractivity contribution in [3.63, 3.8) is 0 Å². The molecule has 1 fully saturated rings. The van der Waals surface area contributed by atoms with Gasteiger partial charge in [0.05, 0.1) is 6.54 Å². The average molecular weight is 194 g/mol. The fraction of sp³-hybridized carbons (Fsp3) is 1.00. The maximum absolute atomic E-state index is 12.2. The molecule has 1 saturated heterocycles. The van der Waals surface area contributed by atoms with Gasteiger partial charge in [-0.3, -0.25) is 0 Å². The topological polar surface area (TPSA) is 12.0 Å². The smallest absolute Gasteiger partial charge is 0.311 e. The van der Waals surface area contributed by atoms with E-state index in [1.54, 1.807) is 0 Å². The molecule has 1 heterocycles. The summed E-state index contributed by atoms with van der Waals surface area (Å²) in [6.45, 7) is -0.956. The highest BCUT2D eigenvalue weighted by atomic mass is 35.5. The minimum absolute atomic E-state index is 0. The molecule has 0 aliphatic carbocycles. The van der Waals surface area contributed by atoms with Crippen LogP contribution >= 0.6 is 12.4 Å². The van der Waals surface area contributed by atoms with Crippen molar-refractivity contribution in [3.8, 4) is 0 Å². The standard InChI is InChI=1S/C5H7F4N.ClH/c6-4(7)1-2-10-3-5(4,8)9;/h10H,1-3H2;1H. The molecule has 0 aromatic heterocycles. The van der Waals surface area contributed by atoms with Crippen LogP contribution in [0.4, 0.5) is 17.6 Å². The zero-order valence-corrected chi connectivity index (χ0v) is 6.36. The van der Waals surface area contributed by atoms with Crippen LogP contribution in [-0.4, -0.2) is 24.9 Å². The molecule has 1 rings (SSSR count). The summed E-state index contributed by atoms with van der Waals surface area (Å²) in [6, 6.07) is 0. The molecule has 68 valence electrons. The van der Waals surface area contributed by atoms with Gasteiger partial charge in [0.25, 0.3) is 0 Å². The van der Waals surface area contributed by atoms with Gasteiger partial charge in [-0.25, -0.2) is 0 Å². The van der Waals surface area contributed by atoms with E-state index in [1.165, 1.54) is 0 Å². The lowest BCUT2D eigenvalue weighted by atomic mass is 10.1. The molecule has 0 amide bonds. The molecule has 1 N–H and O–H groups in total. The molecule has 1 nitrogen and oxygen atoms in total. The Bertz CT molecular complexity index is 122. The maximum Gasteiger partial charge on any atom is 0.322 e. The van der Waals surface area contributed by atoms with Crippen LogP contribution in [-0.2, 0) is 0 Å². The van der Waals surface area contributed by atoms with Gasteiger partial charge in [0.2, 0.25) is 0 Å². The lowest BCUT2D eigenvalue weighted by molar-refractivity contribution is -0.219. The maximum atomic E-state index is 12.2. The summed E-state index contributed by atoms with van der Waals surface area (Å²) in [5.41, 5.74) is 0. The van der Waals surface area contributed by atoms with Crippen LogP contribution in [0.15, 0.2) is 0 Å². The predicted molar refractivity (Wildman–Crippen MR) is 34.6 cm³/mol. The second-order valence-electron chi connectivity index (χ2n) is 2.34. The molecule has 0 aromatic rings. The quantitative estimate of drug-likeness (QED) is 0.577. The molecule has 1 aliphatic heterocycles. The molecular formula is C5H8ClF4N. The van der Waals surface area contributed by atoms with Crippen LogP contribution in [0, 0.1) is 0 Å². The molecule has 0 radical (unpaired) electrons. The van der Waals surface area contributed by atoms with Crippen molar-refractivity contribution >= 4 is 12.4 Å². The first-order valence-electron chi connectivity index (χ1n) is 2.92. The third-order valence-corrected chi connectivity index (χ3v) is 1.50. The first kappa shape index (κ1) is 11.0. The van der Waals surface area contributed by atoms with Gasteiger partial charge in [0.1, 0.15) is 0 Å². The van der Waals surface area contributed by atoms with Crippen molar-refractivity contribution in [2.24, 2.45) is 0 Å². The second-order valence-corrected chi connectivity index (χ2v) is 2.34. The van der Waals surface area contributed by atoms with Gasteiger partial charge in [-0.05, 0) is 0 Å². The first-order chi connectivity index (χ1) is 4.46. The Morgan fingerprint density at radius 3 is 1.82 bits per heavy atom. The van der Waals surface area contributed by atoms with Crippen LogP contribution in [0.3, 0.4) is 0 Å². The van der Waals surface area contributed by atoms with E-state index in [1.807, 2.05) is 0 Å². The largest absolute Gasteiger partial charge is 0.322 e. The van der Waals surface area contributed by atoms with Gasteiger partial charge >= 0.3 is 11.8 Å². The lowest BCUT2D eigenvalue weighted by Gasteiger charge is -2.31. The number of hydrogen-bond donors (Lipinski definition) is 1. The highest BCUT2D eigenvalue weighted by Crippen LogP contribution is 2.38. The molecular weight excluding hydrogens is 186 g/mol. The Morgan fingerprint density at radius 1 is 1.00 bits per heavy atom. The zero-order valence-electron chi connectivity index (χ0n) is 5.54. The number of halogens is 5. The molecule has 11 heavy (non-hydrogen) atoms. The van der Waals surface area contributed by atoms with E-state index in [2.05, 4.69) is 5.32 Å². The third kappa shape index (κ3) is 1.96. The predicted octanol–water partition coefficient (Wildman–Crippen LogP) is 1.67. The molecule has 6 heteroatoms. The monoisotopic (exact) mass is 193 g/mol. The summed E-state index contributed by atoms with van der Waals surface area (Å²) in [5, 5.41) is 2.20. The van der Waals surface area contributed by atoms with Crippen molar-refractivity contribution in [1.29, 1.82) is 0 Å². The number of rotatable bonds is 0. The minimum Gasteiger partial charge on any atom is -0.311 e. The average Bonchev–Trinajstić information content (AvgIpc) is 1.77. The van der Waals surface area contributed by atoms with E-state index in [9.17, 15) is 17.6 Å². The van der Waals surface area contributed by atoms with Gasteiger partial charge in [0, 0.05) is 13.0 Å².